The van der Waals surface area contributed by atoms with Gasteiger partial charge in [-0.3, -0.25) is 10.6 Å². The predicted octanol–water partition coefficient (Wildman–Crippen LogP) is 1.52. The van der Waals surface area contributed by atoms with Gasteiger partial charge in [0.15, 0.2) is 0 Å². The normalized spacial score (nSPS) is 10.7. The van der Waals surface area contributed by atoms with Gasteiger partial charge >= 0.3 is 0 Å². The third kappa shape index (κ3) is 2.94. The molecular weight excluding hydrogens is 254 g/mol. The number of fused-ring (bicyclic) bond motifs is 1. The van der Waals surface area contributed by atoms with Crippen LogP contribution in [0.4, 0.5) is 14.5 Å². The molecule has 19 heavy (non-hydrogen) atoms. The fraction of sp³-hybridized carbons (Fsp3) is 0.167. The van der Waals surface area contributed by atoms with E-state index in [4.69, 9.17) is 5.84 Å². The van der Waals surface area contributed by atoms with Crippen molar-refractivity contribution in [2.75, 3.05) is 12.0 Å². The zero-order chi connectivity index (χ0) is 13.8. The van der Waals surface area contributed by atoms with E-state index in [1.807, 2.05) is 0 Å². The zero-order valence-corrected chi connectivity index (χ0v) is 9.86. The standard InChI is InChI=1S/C12H12F2N4O/c13-11(14)6-16-12(19)10-5-9(18-15)7-3-1-2-4-8(7)17-10/h1-5,11H,6,15H2,(H,16,19)(H,17,18). The molecule has 100 valence electrons. The Hall–Kier alpha value is -2.28. The SMILES string of the molecule is NNc1cc(C(=O)NCC(F)F)nc2ccccc12. The maximum atomic E-state index is 12.0. The van der Waals surface area contributed by atoms with Crippen LogP contribution in [0, 0.1) is 0 Å². The van der Waals surface area contributed by atoms with Gasteiger partial charge in [0, 0.05) is 5.39 Å². The lowest BCUT2D eigenvalue weighted by Crippen LogP contribution is -2.29. The van der Waals surface area contributed by atoms with Crippen LogP contribution in [0.25, 0.3) is 10.9 Å². The molecule has 0 spiro atoms. The Balaban J connectivity index is 2.36. The molecule has 1 aromatic carbocycles. The van der Waals surface area contributed by atoms with Crippen LogP contribution in [0.2, 0.25) is 0 Å². The first kappa shape index (κ1) is 13.2. The number of carbonyl (C=O) groups is 1. The van der Waals surface area contributed by atoms with Gasteiger partial charge in [0.25, 0.3) is 12.3 Å². The van der Waals surface area contributed by atoms with Crippen LogP contribution in [-0.4, -0.2) is 23.9 Å². The number of hydrogen-bond donors (Lipinski definition) is 3. The summed E-state index contributed by atoms with van der Waals surface area (Å²) >= 11 is 0. The Morgan fingerprint density at radius 2 is 2.11 bits per heavy atom. The second-order valence-electron chi connectivity index (χ2n) is 3.82. The third-order valence-corrected chi connectivity index (χ3v) is 2.52. The monoisotopic (exact) mass is 266 g/mol. The fourth-order valence-corrected chi connectivity index (χ4v) is 1.67. The number of amides is 1. The lowest BCUT2D eigenvalue weighted by molar-refractivity contribution is 0.0887. The molecule has 0 bridgehead atoms. The summed E-state index contributed by atoms with van der Waals surface area (Å²) in [5, 5.41) is 2.84. The Morgan fingerprint density at radius 1 is 1.37 bits per heavy atom. The van der Waals surface area contributed by atoms with Crippen LogP contribution >= 0.6 is 0 Å². The number of nitrogen functional groups attached to an aromatic ring is 1. The number of nitrogens with two attached hydrogens (primary N) is 1. The predicted molar refractivity (Wildman–Crippen MR) is 67.9 cm³/mol. The van der Waals surface area contributed by atoms with Crippen molar-refractivity contribution in [1.29, 1.82) is 0 Å². The summed E-state index contributed by atoms with van der Waals surface area (Å²) in [7, 11) is 0. The summed E-state index contributed by atoms with van der Waals surface area (Å²) in [4.78, 5) is 15.8. The van der Waals surface area contributed by atoms with E-state index in [1.54, 1.807) is 24.3 Å². The Kier molecular flexibility index (Phi) is 3.86. The molecule has 0 aliphatic heterocycles. The molecule has 2 rings (SSSR count). The number of aromatic nitrogens is 1. The van der Waals surface area contributed by atoms with E-state index in [0.717, 1.165) is 5.39 Å². The van der Waals surface area contributed by atoms with Crippen LogP contribution < -0.4 is 16.6 Å². The number of halogens is 2. The first-order valence-corrected chi connectivity index (χ1v) is 5.54. The Labute approximate surface area is 107 Å². The van der Waals surface area contributed by atoms with Crippen LogP contribution in [0.1, 0.15) is 10.5 Å². The molecule has 0 unspecified atom stereocenters. The van der Waals surface area contributed by atoms with E-state index in [9.17, 15) is 13.6 Å². The van der Waals surface area contributed by atoms with Gasteiger partial charge in [-0.2, -0.15) is 0 Å². The average molecular weight is 266 g/mol. The summed E-state index contributed by atoms with van der Waals surface area (Å²) in [5.41, 5.74) is 3.56. The maximum Gasteiger partial charge on any atom is 0.270 e. The summed E-state index contributed by atoms with van der Waals surface area (Å²) in [6, 6.07) is 8.49. The maximum absolute atomic E-state index is 12.0. The van der Waals surface area contributed by atoms with Crippen molar-refractivity contribution in [3.63, 3.8) is 0 Å². The molecule has 5 nitrogen and oxygen atoms in total. The number of nitrogens with zero attached hydrogens (tertiary/aromatic N) is 1. The van der Waals surface area contributed by atoms with E-state index < -0.39 is 18.9 Å². The molecule has 0 aliphatic carbocycles. The molecule has 0 aliphatic rings. The number of benzene rings is 1. The van der Waals surface area contributed by atoms with Gasteiger partial charge in [-0.1, -0.05) is 18.2 Å². The number of carbonyl (C=O) groups excluding carboxylic acids is 1. The number of pyridine rings is 1. The number of nitrogens with one attached hydrogen (secondary N) is 2. The van der Waals surface area contributed by atoms with Gasteiger partial charge in [-0.15, -0.1) is 0 Å². The van der Waals surface area contributed by atoms with Gasteiger partial charge in [0.1, 0.15) is 5.69 Å². The van der Waals surface area contributed by atoms with Gasteiger partial charge in [-0.05, 0) is 12.1 Å². The molecule has 0 saturated heterocycles. The van der Waals surface area contributed by atoms with E-state index in [0.29, 0.717) is 11.2 Å². The first-order valence-electron chi connectivity index (χ1n) is 5.54. The summed E-state index contributed by atoms with van der Waals surface area (Å²) < 4.78 is 24.1. The minimum Gasteiger partial charge on any atom is -0.345 e. The van der Waals surface area contributed by atoms with E-state index in [2.05, 4.69) is 15.7 Å². The lowest BCUT2D eigenvalue weighted by atomic mass is 10.1. The highest BCUT2D eigenvalue weighted by Crippen LogP contribution is 2.22. The van der Waals surface area contributed by atoms with Crippen molar-refractivity contribution in [1.82, 2.24) is 10.3 Å². The van der Waals surface area contributed by atoms with Crippen molar-refractivity contribution in [3.05, 3.63) is 36.0 Å². The van der Waals surface area contributed by atoms with E-state index in [-0.39, 0.29) is 5.69 Å². The van der Waals surface area contributed by atoms with Gasteiger partial charge in [0.05, 0.1) is 17.7 Å². The highest BCUT2D eigenvalue weighted by molar-refractivity contribution is 5.99. The number of rotatable bonds is 4. The minimum atomic E-state index is -2.60. The molecule has 0 saturated carbocycles. The Bertz CT molecular complexity index is 603. The molecule has 7 heteroatoms. The Morgan fingerprint density at radius 3 is 2.79 bits per heavy atom. The van der Waals surface area contributed by atoms with Crippen LogP contribution in [0.15, 0.2) is 30.3 Å². The number of hydrogen-bond acceptors (Lipinski definition) is 4. The van der Waals surface area contributed by atoms with Crippen molar-refractivity contribution >= 4 is 22.5 Å². The molecule has 1 aromatic heterocycles. The molecule has 1 amide bonds. The third-order valence-electron chi connectivity index (χ3n) is 2.52. The summed E-state index contributed by atoms with van der Waals surface area (Å²) in [6.07, 6.45) is -2.60. The second kappa shape index (κ2) is 5.57. The van der Waals surface area contributed by atoms with E-state index in [1.165, 1.54) is 6.07 Å². The smallest absolute Gasteiger partial charge is 0.270 e. The van der Waals surface area contributed by atoms with Crippen LogP contribution in [0.3, 0.4) is 0 Å². The number of hydrazine groups is 1. The zero-order valence-electron chi connectivity index (χ0n) is 9.86. The lowest BCUT2D eigenvalue weighted by Gasteiger charge is -2.09. The van der Waals surface area contributed by atoms with Crippen molar-refractivity contribution < 1.29 is 13.6 Å². The molecule has 0 atom stereocenters. The van der Waals surface area contributed by atoms with Crippen LogP contribution in [0.5, 0.6) is 0 Å². The first-order chi connectivity index (χ1) is 9.11. The highest BCUT2D eigenvalue weighted by Gasteiger charge is 2.13. The molecule has 0 radical (unpaired) electrons. The topological polar surface area (TPSA) is 80.0 Å². The molecule has 0 fully saturated rings. The highest BCUT2D eigenvalue weighted by atomic mass is 19.3. The van der Waals surface area contributed by atoms with Gasteiger partial charge in [-0.25, -0.2) is 13.8 Å². The minimum absolute atomic E-state index is 0.0345. The second-order valence-corrected chi connectivity index (χ2v) is 3.82. The number of anilines is 1. The number of alkyl halides is 2. The number of para-hydroxylation sites is 1. The van der Waals surface area contributed by atoms with Gasteiger partial charge in [0.2, 0.25) is 0 Å². The summed E-state index contributed by atoms with van der Waals surface area (Å²) in [6.45, 7) is -0.710. The van der Waals surface area contributed by atoms with Crippen molar-refractivity contribution in [2.24, 2.45) is 5.84 Å². The van der Waals surface area contributed by atoms with Gasteiger partial charge < -0.3 is 10.7 Å². The molecule has 4 N–H and O–H groups in total. The largest absolute Gasteiger partial charge is 0.345 e. The quantitative estimate of drug-likeness (QED) is 0.579. The van der Waals surface area contributed by atoms with E-state index >= 15 is 0 Å². The average Bonchev–Trinajstić information content (AvgIpc) is 2.43. The molecule has 1 heterocycles. The molecular formula is C12H12F2N4O. The van der Waals surface area contributed by atoms with Crippen molar-refractivity contribution in [3.8, 4) is 0 Å². The fourth-order valence-electron chi connectivity index (χ4n) is 1.67. The molecule has 2 aromatic rings. The summed E-state index contributed by atoms with van der Waals surface area (Å²) in [5.74, 6) is 4.71. The van der Waals surface area contributed by atoms with Crippen LogP contribution in [-0.2, 0) is 0 Å². The van der Waals surface area contributed by atoms with Crippen molar-refractivity contribution in [2.45, 2.75) is 6.43 Å².